The largest absolute Gasteiger partial charge is 0.419 e. The lowest BCUT2D eigenvalue weighted by atomic mass is 10.1. The SMILES string of the molecule is O=C(NC1(C(F)(F)F)CC1)c1ccc(F)c(C(F)(F)F)c1. The second-order valence-corrected chi connectivity index (χ2v) is 4.73. The van der Waals surface area contributed by atoms with Crippen LogP contribution in [0, 0.1) is 5.82 Å². The van der Waals surface area contributed by atoms with Gasteiger partial charge in [0.2, 0.25) is 0 Å². The average Bonchev–Trinajstić information content (AvgIpc) is 3.08. The van der Waals surface area contributed by atoms with Gasteiger partial charge in [-0.15, -0.1) is 0 Å². The normalized spacial score (nSPS) is 17.5. The number of amides is 1. The second-order valence-electron chi connectivity index (χ2n) is 4.73. The van der Waals surface area contributed by atoms with E-state index in [0.29, 0.717) is 12.1 Å². The molecule has 116 valence electrons. The average molecular weight is 315 g/mol. The summed E-state index contributed by atoms with van der Waals surface area (Å²) in [5.41, 5.74) is -4.78. The van der Waals surface area contributed by atoms with Crippen molar-refractivity contribution in [3.05, 3.63) is 35.1 Å². The van der Waals surface area contributed by atoms with Crippen LogP contribution in [-0.4, -0.2) is 17.6 Å². The van der Waals surface area contributed by atoms with Crippen LogP contribution in [0.2, 0.25) is 0 Å². The lowest BCUT2D eigenvalue weighted by Crippen LogP contribution is -2.47. The molecule has 1 aliphatic carbocycles. The van der Waals surface area contributed by atoms with Gasteiger partial charge < -0.3 is 5.32 Å². The van der Waals surface area contributed by atoms with Crippen molar-refractivity contribution in [1.82, 2.24) is 5.32 Å². The highest BCUT2D eigenvalue weighted by atomic mass is 19.4. The zero-order chi connectivity index (χ0) is 16.1. The van der Waals surface area contributed by atoms with E-state index >= 15 is 0 Å². The standard InChI is InChI=1S/C12H8F7NO/c13-8-2-1-6(5-7(8)11(14,15)16)9(21)20-10(3-4-10)12(17,18)19/h1-2,5H,3-4H2,(H,20,21). The summed E-state index contributed by atoms with van der Waals surface area (Å²) in [6, 6.07) is 1.29. The monoisotopic (exact) mass is 315 g/mol. The van der Waals surface area contributed by atoms with Crippen LogP contribution in [0.3, 0.4) is 0 Å². The van der Waals surface area contributed by atoms with Crippen molar-refractivity contribution in [3.63, 3.8) is 0 Å². The molecule has 1 aromatic carbocycles. The Morgan fingerprint density at radius 3 is 2.10 bits per heavy atom. The second kappa shape index (κ2) is 4.60. The highest BCUT2D eigenvalue weighted by Crippen LogP contribution is 2.49. The van der Waals surface area contributed by atoms with E-state index in [-0.39, 0.29) is 18.9 Å². The van der Waals surface area contributed by atoms with E-state index in [2.05, 4.69) is 0 Å². The molecule has 0 aromatic heterocycles. The Morgan fingerprint density at radius 1 is 1.10 bits per heavy atom. The van der Waals surface area contributed by atoms with E-state index in [1.54, 1.807) is 5.32 Å². The van der Waals surface area contributed by atoms with Crippen molar-refractivity contribution < 1.29 is 35.5 Å². The maximum atomic E-state index is 13.0. The lowest BCUT2D eigenvalue weighted by molar-refractivity contribution is -0.163. The van der Waals surface area contributed by atoms with Crippen LogP contribution in [-0.2, 0) is 6.18 Å². The minimum absolute atomic E-state index is 0.192. The van der Waals surface area contributed by atoms with Crippen molar-refractivity contribution in [1.29, 1.82) is 0 Å². The van der Waals surface area contributed by atoms with E-state index in [4.69, 9.17) is 0 Å². The minimum Gasteiger partial charge on any atom is -0.338 e. The quantitative estimate of drug-likeness (QED) is 0.829. The molecule has 21 heavy (non-hydrogen) atoms. The Kier molecular flexibility index (Phi) is 3.42. The van der Waals surface area contributed by atoms with E-state index in [9.17, 15) is 35.5 Å². The van der Waals surface area contributed by atoms with Gasteiger partial charge >= 0.3 is 12.4 Å². The number of hydrogen-bond acceptors (Lipinski definition) is 1. The molecule has 1 fully saturated rings. The molecule has 1 aromatic rings. The van der Waals surface area contributed by atoms with Gasteiger partial charge in [0.05, 0.1) is 5.56 Å². The third kappa shape index (κ3) is 2.96. The molecule has 0 saturated heterocycles. The van der Waals surface area contributed by atoms with Crippen LogP contribution in [0.4, 0.5) is 30.7 Å². The number of carbonyl (C=O) groups is 1. The number of alkyl halides is 6. The summed E-state index contributed by atoms with van der Waals surface area (Å²) >= 11 is 0. The highest BCUT2D eigenvalue weighted by molar-refractivity contribution is 5.95. The van der Waals surface area contributed by atoms with E-state index in [0.717, 1.165) is 0 Å². The summed E-state index contributed by atoms with van der Waals surface area (Å²) in [5, 5.41) is 1.67. The maximum Gasteiger partial charge on any atom is 0.419 e. The fourth-order valence-corrected chi connectivity index (χ4v) is 1.78. The molecule has 0 heterocycles. The Balaban J connectivity index is 2.26. The first kappa shape index (κ1) is 15.6. The molecule has 1 saturated carbocycles. The van der Waals surface area contributed by atoms with Gasteiger partial charge in [-0.1, -0.05) is 0 Å². The van der Waals surface area contributed by atoms with Crippen LogP contribution in [0.1, 0.15) is 28.8 Å². The lowest BCUT2D eigenvalue weighted by Gasteiger charge is -2.21. The number of rotatable bonds is 2. The number of halogens is 7. The molecule has 2 rings (SSSR count). The van der Waals surface area contributed by atoms with Gasteiger partial charge in [-0.3, -0.25) is 4.79 Å². The van der Waals surface area contributed by atoms with E-state index in [1.165, 1.54) is 0 Å². The Hall–Kier alpha value is -1.80. The molecule has 0 bridgehead atoms. The van der Waals surface area contributed by atoms with Gasteiger partial charge in [0, 0.05) is 5.56 Å². The van der Waals surface area contributed by atoms with Crippen molar-refractivity contribution in [2.75, 3.05) is 0 Å². The topological polar surface area (TPSA) is 29.1 Å². The number of carbonyl (C=O) groups excluding carboxylic acids is 1. The smallest absolute Gasteiger partial charge is 0.338 e. The number of hydrogen-bond donors (Lipinski definition) is 1. The molecule has 0 radical (unpaired) electrons. The van der Waals surface area contributed by atoms with Crippen molar-refractivity contribution in [3.8, 4) is 0 Å². The molecule has 9 heteroatoms. The van der Waals surface area contributed by atoms with Gasteiger partial charge in [0.15, 0.2) is 0 Å². The molecule has 1 aliphatic rings. The van der Waals surface area contributed by atoms with Crippen LogP contribution < -0.4 is 5.32 Å². The third-order valence-electron chi connectivity index (χ3n) is 3.18. The molecule has 0 unspecified atom stereocenters. The van der Waals surface area contributed by atoms with Gasteiger partial charge in [-0.2, -0.15) is 26.3 Å². The van der Waals surface area contributed by atoms with E-state index in [1.807, 2.05) is 0 Å². The molecule has 0 spiro atoms. The summed E-state index contributed by atoms with van der Waals surface area (Å²) in [4.78, 5) is 11.6. The van der Waals surface area contributed by atoms with Crippen LogP contribution in [0.25, 0.3) is 0 Å². The summed E-state index contributed by atoms with van der Waals surface area (Å²) in [5.74, 6) is -2.92. The summed E-state index contributed by atoms with van der Waals surface area (Å²) in [7, 11) is 0. The fraction of sp³-hybridized carbons (Fsp3) is 0.417. The number of benzene rings is 1. The molecule has 1 amide bonds. The van der Waals surface area contributed by atoms with Crippen molar-refractivity contribution in [2.24, 2.45) is 0 Å². The fourth-order valence-electron chi connectivity index (χ4n) is 1.78. The van der Waals surface area contributed by atoms with Gasteiger partial charge in [-0.05, 0) is 31.0 Å². The van der Waals surface area contributed by atoms with Crippen LogP contribution >= 0.6 is 0 Å². The van der Waals surface area contributed by atoms with Gasteiger partial charge in [0.1, 0.15) is 11.4 Å². The molecular weight excluding hydrogens is 307 g/mol. The Labute approximate surface area is 113 Å². The first-order valence-corrected chi connectivity index (χ1v) is 5.72. The number of nitrogens with one attached hydrogen (secondary N) is 1. The first-order chi connectivity index (χ1) is 9.46. The van der Waals surface area contributed by atoms with E-state index < -0.39 is 40.7 Å². The molecule has 0 aliphatic heterocycles. The Bertz CT molecular complexity index is 572. The summed E-state index contributed by atoms with van der Waals surface area (Å²) < 4.78 is 88.4. The third-order valence-corrected chi connectivity index (χ3v) is 3.18. The van der Waals surface area contributed by atoms with Crippen molar-refractivity contribution >= 4 is 5.91 Å². The Morgan fingerprint density at radius 2 is 1.67 bits per heavy atom. The van der Waals surface area contributed by atoms with Crippen LogP contribution in [0.15, 0.2) is 18.2 Å². The molecule has 1 N–H and O–H groups in total. The molecular formula is C12H8F7NO. The molecule has 0 atom stereocenters. The summed E-state index contributed by atoms with van der Waals surface area (Å²) in [6.45, 7) is 0. The highest BCUT2D eigenvalue weighted by Gasteiger charge is 2.64. The predicted molar refractivity (Wildman–Crippen MR) is 56.9 cm³/mol. The molecule has 2 nitrogen and oxygen atoms in total. The minimum atomic E-state index is -5.04. The summed E-state index contributed by atoms with van der Waals surface area (Å²) in [6.07, 6.45) is -10.4. The van der Waals surface area contributed by atoms with Crippen LogP contribution in [0.5, 0.6) is 0 Å². The predicted octanol–water partition coefficient (Wildman–Crippen LogP) is 3.67. The zero-order valence-electron chi connectivity index (χ0n) is 10.2. The van der Waals surface area contributed by atoms with Gasteiger partial charge in [0.25, 0.3) is 5.91 Å². The maximum absolute atomic E-state index is 13.0. The first-order valence-electron chi connectivity index (χ1n) is 5.72. The van der Waals surface area contributed by atoms with Gasteiger partial charge in [-0.25, -0.2) is 4.39 Å². The zero-order valence-corrected chi connectivity index (χ0v) is 10.2. The van der Waals surface area contributed by atoms with Crippen molar-refractivity contribution in [2.45, 2.75) is 30.7 Å².